The fourth-order valence-electron chi connectivity index (χ4n) is 0.875. The standard InChI is InChI=1S/C8H10N2O5/c1-5(11)4-9-8(12)6-2-3-7(15-6)10(13)14/h2-3,5,11H,4H2,1H3,(H,9,12)/t5-/m0/s1. The number of nitro groups is 1. The Labute approximate surface area is 84.8 Å². The summed E-state index contributed by atoms with van der Waals surface area (Å²) in [6.07, 6.45) is -0.682. The summed E-state index contributed by atoms with van der Waals surface area (Å²) in [6, 6.07) is 2.30. The Kier molecular flexibility index (Phi) is 3.40. The molecule has 1 heterocycles. The highest BCUT2D eigenvalue weighted by atomic mass is 16.6. The molecular weight excluding hydrogens is 204 g/mol. The smallest absolute Gasteiger partial charge is 0.395 e. The van der Waals surface area contributed by atoms with E-state index in [1.165, 1.54) is 13.0 Å². The van der Waals surface area contributed by atoms with E-state index in [0.717, 1.165) is 6.07 Å². The van der Waals surface area contributed by atoms with Gasteiger partial charge in [0.05, 0.1) is 12.2 Å². The fourth-order valence-corrected chi connectivity index (χ4v) is 0.875. The first-order chi connectivity index (χ1) is 7.00. The highest BCUT2D eigenvalue weighted by Gasteiger charge is 2.16. The first-order valence-corrected chi connectivity index (χ1v) is 4.21. The van der Waals surface area contributed by atoms with Gasteiger partial charge in [-0.25, -0.2) is 0 Å². The Morgan fingerprint density at radius 2 is 2.40 bits per heavy atom. The van der Waals surface area contributed by atoms with Gasteiger partial charge in [-0.1, -0.05) is 0 Å². The molecule has 1 atom stereocenters. The second-order valence-electron chi connectivity index (χ2n) is 2.95. The third kappa shape index (κ3) is 3.06. The van der Waals surface area contributed by atoms with E-state index in [4.69, 9.17) is 5.11 Å². The Morgan fingerprint density at radius 3 is 2.87 bits per heavy atom. The van der Waals surface area contributed by atoms with Gasteiger partial charge in [-0.15, -0.1) is 0 Å². The van der Waals surface area contributed by atoms with Crippen molar-refractivity contribution < 1.29 is 19.2 Å². The summed E-state index contributed by atoms with van der Waals surface area (Å²) in [7, 11) is 0. The van der Waals surface area contributed by atoms with Crippen LogP contribution in [0.1, 0.15) is 17.5 Å². The van der Waals surface area contributed by atoms with Crippen LogP contribution < -0.4 is 5.32 Å². The normalized spacial score (nSPS) is 12.1. The van der Waals surface area contributed by atoms with Gasteiger partial charge in [0.2, 0.25) is 0 Å². The number of amides is 1. The van der Waals surface area contributed by atoms with Gasteiger partial charge in [0.15, 0.2) is 5.76 Å². The minimum absolute atomic E-state index is 0.0628. The third-order valence-corrected chi connectivity index (χ3v) is 1.55. The highest BCUT2D eigenvalue weighted by Crippen LogP contribution is 2.15. The van der Waals surface area contributed by atoms with Crippen LogP contribution in [0.25, 0.3) is 0 Å². The van der Waals surface area contributed by atoms with Gasteiger partial charge in [0.1, 0.15) is 4.92 Å². The van der Waals surface area contributed by atoms with Gasteiger partial charge in [-0.2, -0.15) is 0 Å². The van der Waals surface area contributed by atoms with Crippen molar-refractivity contribution in [1.29, 1.82) is 0 Å². The maximum atomic E-state index is 11.2. The molecule has 1 aromatic rings. The number of nitrogens with zero attached hydrogens (tertiary/aromatic N) is 1. The number of carbonyl (C=O) groups excluding carboxylic acids is 1. The van der Waals surface area contributed by atoms with Crippen molar-refractivity contribution in [3.63, 3.8) is 0 Å². The maximum absolute atomic E-state index is 11.2. The van der Waals surface area contributed by atoms with E-state index in [1.54, 1.807) is 0 Å². The fraction of sp³-hybridized carbons (Fsp3) is 0.375. The van der Waals surface area contributed by atoms with Crippen LogP contribution in [-0.2, 0) is 0 Å². The molecule has 0 radical (unpaired) electrons. The van der Waals surface area contributed by atoms with Crippen molar-refractivity contribution in [2.24, 2.45) is 0 Å². The molecular formula is C8H10N2O5. The van der Waals surface area contributed by atoms with Gasteiger partial charge < -0.3 is 14.8 Å². The topological polar surface area (TPSA) is 106 Å². The van der Waals surface area contributed by atoms with Crippen LogP contribution in [0.4, 0.5) is 5.88 Å². The lowest BCUT2D eigenvalue weighted by Gasteiger charge is -2.04. The minimum atomic E-state index is -0.731. The van der Waals surface area contributed by atoms with E-state index in [-0.39, 0.29) is 12.3 Å². The van der Waals surface area contributed by atoms with Crippen LogP contribution in [0.5, 0.6) is 0 Å². The third-order valence-electron chi connectivity index (χ3n) is 1.55. The molecule has 2 N–H and O–H groups in total. The molecule has 0 saturated heterocycles. The van der Waals surface area contributed by atoms with Crippen molar-refractivity contribution in [3.05, 3.63) is 28.0 Å². The van der Waals surface area contributed by atoms with Gasteiger partial charge in [0.25, 0.3) is 5.91 Å². The molecule has 0 aliphatic heterocycles. The van der Waals surface area contributed by atoms with E-state index >= 15 is 0 Å². The van der Waals surface area contributed by atoms with Crippen LogP contribution >= 0.6 is 0 Å². The molecule has 0 fully saturated rings. The molecule has 0 aromatic carbocycles. The van der Waals surface area contributed by atoms with E-state index < -0.39 is 22.8 Å². The largest absolute Gasteiger partial charge is 0.433 e. The first-order valence-electron chi connectivity index (χ1n) is 4.21. The second-order valence-corrected chi connectivity index (χ2v) is 2.95. The molecule has 0 aliphatic carbocycles. The van der Waals surface area contributed by atoms with Crippen LogP contribution in [0.3, 0.4) is 0 Å². The maximum Gasteiger partial charge on any atom is 0.433 e. The lowest BCUT2D eigenvalue weighted by Crippen LogP contribution is -2.30. The zero-order valence-corrected chi connectivity index (χ0v) is 7.97. The monoisotopic (exact) mass is 214 g/mol. The van der Waals surface area contributed by atoms with Crippen LogP contribution in [0, 0.1) is 10.1 Å². The number of aliphatic hydroxyl groups is 1. The number of aliphatic hydroxyl groups excluding tert-OH is 1. The summed E-state index contributed by atoms with van der Waals surface area (Å²) in [5, 5.41) is 21.5. The van der Waals surface area contributed by atoms with Crippen LogP contribution in [0.2, 0.25) is 0 Å². The number of rotatable bonds is 4. The summed E-state index contributed by atoms with van der Waals surface area (Å²) in [5.41, 5.74) is 0. The predicted octanol–water partition coefficient (Wildman–Crippen LogP) is 0.298. The Morgan fingerprint density at radius 1 is 1.73 bits per heavy atom. The van der Waals surface area contributed by atoms with Crippen LogP contribution in [0.15, 0.2) is 16.5 Å². The predicted molar refractivity (Wildman–Crippen MR) is 49.4 cm³/mol. The van der Waals surface area contributed by atoms with E-state index in [1.807, 2.05) is 0 Å². The Balaban J connectivity index is 2.62. The van der Waals surface area contributed by atoms with Crippen molar-refractivity contribution >= 4 is 11.8 Å². The lowest BCUT2D eigenvalue weighted by molar-refractivity contribution is -0.402. The molecule has 0 unspecified atom stereocenters. The molecule has 0 saturated carbocycles. The zero-order valence-electron chi connectivity index (χ0n) is 7.97. The number of hydrogen-bond donors (Lipinski definition) is 2. The van der Waals surface area contributed by atoms with E-state index in [2.05, 4.69) is 9.73 Å². The molecule has 82 valence electrons. The summed E-state index contributed by atoms with van der Waals surface area (Å²) in [4.78, 5) is 20.8. The number of hydrogen-bond acceptors (Lipinski definition) is 5. The Hall–Kier alpha value is -1.89. The van der Waals surface area contributed by atoms with Gasteiger partial charge in [0, 0.05) is 6.54 Å². The van der Waals surface area contributed by atoms with Gasteiger partial charge in [-0.05, 0) is 13.0 Å². The average molecular weight is 214 g/mol. The van der Waals surface area contributed by atoms with Crippen molar-refractivity contribution in [3.8, 4) is 0 Å². The molecule has 7 heteroatoms. The highest BCUT2D eigenvalue weighted by molar-refractivity contribution is 5.91. The molecule has 7 nitrogen and oxygen atoms in total. The van der Waals surface area contributed by atoms with Gasteiger partial charge in [-0.3, -0.25) is 14.9 Å². The van der Waals surface area contributed by atoms with Crippen molar-refractivity contribution in [2.75, 3.05) is 6.54 Å². The molecule has 0 spiro atoms. The van der Waals surface area contributed by atoms with E-state index in [9.17, 15) is 14.9 Å². The Bertz CT molecular complexity index is 371. The van der Waals surface area contributed by atoms with E-state index in [0.29, 0.717) is 0 Å². The van der Waals surface area contributed by atoms with Gasteiger partial charge >= 0.3 is 5.88 Å². The minimum Gasteiger partial charge on any atom is -0.395 e. The summed E-state index contributed by atoms with van der Waals surface area (Å²) in [5.74, 6) is -1.23. The molecule has 0 aliphatic rings. The molecule has 1 aromatic heterocycles. The zero-order chi connectivity index (χ0) is 11.4. The first kappa shape index (κ1) is 11.2. The number of carbonyl (C=O) groups is 1. The lowest BCUT2D eigenvalue weighted by atomic mass is 10.3. The summed E-state index contributed by atoms with van der Waals surface area (Å²) in [6.45, 7) is 1.57. The molecule has 1 rings (SSSR count). The average Bonchev–Trinajstić information content (AvgIpc) is 2.62. The molecule has 0 bridgehead atoms. The van der Waals surface area contributed by atoms with Crippen molar-refractivity contribution in [1.82, 2.24) is 5.32 Å². The van der Waals surface area contributed by atoms with Crippen molar-refractivity contribution in [2.45, 2.75) is 13.0 Å². The molecule has 15 heavy (non-hydrogen) atoms. The number of furan rings is 1. The van der Waals surface area contributed by atoms with Crippen LogP contribution in [-0.4, -0.2) is 28.6 Å². The molecule has 1 amide bonds. The number of nitrogens with one attached hydrogen (secondary N) is 1. The SMILES string of the molecule is C[C@H](O)CNC(=O)c1ccc([N+](=O)[O-])o1. The summed E-state index contributed by atoms with van der Waals surface area (Å²) < 4.78 is 4.65. The quantitative estimate of drug-likeness (QED) is 0.553. The second kappa shape index (κ2) is 4.56. The summed E-state index contributed by atoms with van der Waals surface area (Å²) >= 11 is 0.